The number of nitrogens with zero attached hydrogens (tertiary/aromatic N) is 3. The van der Waals surface area contributed by atoms with Gasteiger partial charge in [-0.05, 0) is 43.4 Å². The summed E-state index contributed by atoms with van der Waals surface area (Å²) in [7, 11) is -1.26. The van der Waals surface area contributed by atoms with Gasteiger partial charge in [0.15, 0.2) is 0 Å². The van der Waals surface area contributed by atoms with Crippen LogP contribution in [0.4, 0.5) is 13.2 Å². The van der Waals surface area contributed by atoms with E-state index in [0.29, 0.717) is 32.4 Å². The Morgan fingerprint density at radius 3 is 2.16 bits per heavy atom. The van der Waals surface area contributed by atoms with E-state index in [-0.39, 0.29) is 22.6 Å². The summed E-state index contributed by atoms with van der Waals surface area (Å²) in [5, 5.41) is 6.96. The van der Waals surface area contributed by atoms with Crippen LogP contribution in [0.2, 0.25) is 0 Å². The number of halogens is 3. The second kappa shape index (κ2) is 8.38. The topological polar surface area (TPSA) is 108 Å². The maximum atomic E-state index is 12.5. The minimum atomic E-state index is -5.08. The smallest absolute Gasteiger partial charge is 0.475 e. The van der Waals surface area contributed by atoms with Crippen LogP contribution in [0.15, 0.2) is 24.5 Å². The van der Waals surface area contributed by atoms with Crippen molar-refractivity contribution in [2.45, 2.75) is 55.0 Å². The number of piperidine rings is 1. The summed E-state index contributed by atoms with van der Waals surface area (Å²) in [4.78, 5) is 27.2. The van der Waals surface area contributed by atoms with Crippen molar-refractivity contribution in [3.63, 3.8) is 0 Å². The van der Waals surface area contributed by atoms with Gasteiger partial charge in [0.2, 0.25) is 15.9 Å². The monoisotopic (exact) mass is 463 g/mol. The number of likely N-dealkylation sites (N-methyl/N-ethyl adjacent to an activating group) is 1. The second-order valence-electron chi connectivity index (χ2n) is 8.04. The molecule has 1 saturated carbocycles. The number of amides is 1. The number of sulfonamides is 1. The lowest BCUT2D eigenvalue weighted by atomic mass is 9.74. The third kappa shape index (κ3) is 4.69. The fraction of sp³-hybridized carbons (Fsp3) is 0.632. The standard InChI is InChI=1S/C17H23N3O3S.C2HF3O2/c1-19-16(21)12-15(13-4-8-18-9-5-13)17(19)6-10-20(11-7-17)24(22,23)14-2-3-14;3-2(4,5)1(6)7/h4-5,8-9,14-15H,2-3,6-7,10-12H2,1H3;(H,6,7). The average molecular weight is 463 g/mol. The molecule has 31 heavy (non-hydrogen) atoms. The summed E-state index contributed by atoms with van der Waals surface area (Å²) < 4.78 is 58.4. The van der Waals surface area contributed by atoms with Crippen molar-refractivity contribution in [1.29, 1.82) is 0 Å². The minimum absolute atomic E-state index is 0.115. The number of pyridine rings is 1. The molecule has 1 N–H and O–H groups in total. The van der Waals surface area contributed by atoms with Crippen LogP contribution < -0.4 is 0 Å². The average Bonchev–Trinajstić information content (AvgIpc) is 3.55. The Morgan fingerprint density at radius 1 is 1.19 bits per heavy atom. The Kier molecular flexibility index (Phi) is 6.34. The zero-order valence-electron chi connectivity index (χ0n) is 16.9. The van der Waals surface area contributed by atoms with Gasteiger partial charge < -0.3 is 10.0 Å². The summed E-state index contributed by atoms with van der Waals surface area (Å²) in [6, 6.07) is 3.96. The van der Waals surface area contributed by atoms with Crippen LogP contribution in [0.25, 0.3) is 0 Å². The number of carboxylic acids is 1. The van der Waals surface area contributed by atoms with Crippen molar-refractivity contribution in [3.05, 3.63) is 30.1 Å². The summed E-state index contributed by atoms with van der Waals surface area (Å²) in [6.45, 7) is 1.02. The number of rotatable bonds is 3. The number of aliphatic carboxylic acids is 1. The van der Waals surface area contributed by atoms with Crippen molar-refractivity contribution >= 4 is 21.9 Å². The molecular weight excluding hydrogens is 439 g/mol. The van der Waals surface area contributed by atoms with Gasteiger partial charge in [0, 0.05) is 44.9 Å². The molecule has 12 heteroatoms. The molecule has 1 spiro atoms. The van der Waals surface area contributed by atoms with Crippen molar-refractivity contribution in [1.82, 2.24) is 14.2 Å². The van der Waals surface area contributed by atoms with Gasteiger partial charge >= 0.3 is 12.1 Å². The quantitative estimate of drug-likeness (QED) is 0.735. The van der Waals surface area contributed by atoms with Crippen LogP contribution >= 0.6 is 0 Å². The van der Waals surface area contributed by atoms with Crippen LogP contribution in [0, 0.1) is 0 Å². The molecule has 1 unspecified atom stereocenters. The number of likely N-dealkylation sites (tertiary alicyclic amines) is 1. The molecule has 0 aromatic carbocycles. The molecule has 0 radical (unpaired) electrons. The summed E-state index contributed by atoms with van der Waals surface area (Å²) in [6.07, 6.45) is 1.93. The third-order valence-electron chi connectivity index (χ3n) is 6.31. The third-order valence-corrected chi connectivity index (χ3v) is 8.71. The van der Waals surface area contributed by atoms with Gasteiger partial charge in [-0.15, -0.1) is 0 Å². The summed E-state index contributed by atoms with van der Waals surface area (Å²) in [5.74, 6) is -2.49. The molecular formula is C19H24F3N3O5S. The Morgan fingerprint density at radius 2 is 1.71 bits per heavy atom. The number of carboxylic acid groups (broad SMARTS) is 1. The number of aromatic nitrogens is 1. The van der Waals surface area contributed by atoms with E-state index < -0.39 is 22.2 Å². The zero-order valence-corrected chi connectivity index (χ0v) is 17.7. The highest BCUT2D eigenvalue weighted by Gasteiger charge is 2.54. The normalized spacial score (nSPS) is 24.1. The Balaban J connectivity index is 0.000000339. The van der Waals surface area contributed by atoms with E-state index in [1.54, 1.807) is 16.7 Å². The molecule has 4 rings (SSSR count). The van der Waals surface area contributed by atoms with Crippen LogP contribution in [-0.4, -0.2) is 76.7 Å². The lowest BCUT2D eigenvalue weighted by molar-refractivity contribution is -0.192. The van der Waals surface area contributed by atoms with E-state index in [1.807, 2.05) is 24.1 Å². The molecule has 8 nitrogen and oxygen atoms in total. The largest absolute Gasteiger partial charge is 0.490 e. The zero-order chi connectivity index (χ0) is 23.0. The molecule has 0 bridgehead atoms. The fourth-order valence-corrected chi connectivity index (χ4v) is 6.24. The Bertz CT molecular complexity index is 927. The summed E-state index contributed by atoms with van der Waals surface area (Å²) >= 11 is 0. The molecule has 3 fully saturated rings. The van der Waals surface area contributed by atoms with E-state index in [4.69, 9.17) is 9.90 Å². The SMILES string of the molecule is CN1C(=O)CC(c2ccncc2)C12CCN(S(=O)(=O)C1CC1)CC2.O=C(O)C(F)(F)F. The van der Waals surface area contributed by atoms with Crippen molar-refractivity contribution in [3.8, 4) is 0 Å². The molecule has 1 aliphatic carbocycles. The first-order chi connectivity index (χ1) is 14.4. The lowest BCUT2D eigenvalue weighted by Crippen LogP contribution is -2.55. The number of carbonyl (C=O) groups excluding carboxylic acids is 1. The van der Waals surface area contributed by atoms with E-state index >= 15 is 0 Å². The highest BCUT2D eigenvalue weighted by atomic mass is 32.2. The first-order valence-corrected chi connectivity index (χ1v) is 11.4. The van der Waals surface area contributed by atoms with Gasteiger partial charge in [-0.25, -0.2) is 17.5 Å². The van der Waals surface area contributed by atoms with Gasteiger partial charge in [-0.2, -0.15) is 13.2 Å². The number of hydrogen-bond donors (Lipinski definition) is 1. The first-order valence-electron chi connectivity index (χ1n) is 9.85. The number of hydrogen-bond acceptors (Lipinski definition) is 5. The Labute approximate surface area is 178 Å². The van der Waals surface area contributed by atoms with Gasteiger partial charge in [-0.3, -0.25) is 9.78 Å². The molecule has 2 aliphatic heterocycles. The van der Waals surface area contributed by atoms with E-state index in [0.717, 1.165) is 18.4 Å². The van der Waals surface area contributed by atoms with Crippen molar-refractivity contribution in [2.75, 3.05) is 20.1 Å². The molecule has 1 aromatic heterocycles. The predicted octanol–water partition coefficient (Wildman–Crippen LogP) is 1.99. The fourth-order valence-electron chi connectivity index (χ4n) is 4.40. The molecule has 2 saturated heterocycles. The maximum Gasteiger partial charge on any atom is 0.490 e. The molecule has 1 amide bonds. The van der Waals surface area contributed by atoms with E-state index in [2.05, 4.69) is 4.98 Å². The van der Waals surface area contributed by atoms with Gasteiger partial charge in [-0.1, -0.05) is 0 Å². The lowest BCUT2D eigenvalue weighted by Gasteiger charge is -2.46. The minimum Gasteiger partial charge on any atom is -0.475 e. The van der Waals surface area contributed by atoms with Gasteiger partial charge in [0.25, 0.3) is 0 Å². The molecule has 172 valence electrons. The highest BCUT2D eigenvalue weighted by molar-refractivity contribution is 7.90. The van der Waals surface area contributed by atoms with E-state index in [9.17, 15) is 26.4 Å². The molecule has 3 heterocycles. The van der Waals surface area contributed by atoms with Crippen LogP contribution in [-0.2, 0) is 19.6 Å². The number of alkyl halides is 3. The highest BCUT2D eigenvalue weighted by Crippen LogP contribution is 2.48. The van der Waals surface area contributed by atoms with Crippen molar-refractivity contribution < 1.29 is 36.3 Å². The molecule has 1 atom stereocenters. The van der Waals surface area contributed by atoms with Gasteiger partial charge in [0.05, 0.1) is 10.8 Å². The number of carbonyl (C=O) groups is 2. The van der Waals surface area contributed by atoms with Crippen LogP contribution in [0.3, 0.4) is 0 Å². The van der Waals surface area contributed by atoms with Gasteiger partial charge in [0.1, 0.15) is 0 Å². The summed E-state index contributed by atoms with van der Waals surface area (Å²) in [5.41, 5.74) is 0.856. The van der Waals surface area contributed by atoms with E-state index in [1.165, 1.54) is 0 Å². The first kappa shape index (κ1) is 23.5. The van der Waals surface area contributed by atoms with Crippen LogP contribution in [0.5, 0.6) is 0 Å². The molecule has 3 aliphatic rings. The molecule has 1 aromatic rings. The Hall–Kier alpha value is -2.21. The maximum absolute atomic E-state index is 12.5. The second-order valence-corrected chi connectivity index (χ2v) is 10.3. The van der Waals surface area contributed by atoms with Crippen LogP contribution in [0.1, 0.15) is 43.6 Å². The van der Waals surface area contributed by atoms with Crippen molar-refractivity contribution in [2.24, 2.45) is 0 Å². The predicted molar refractivity (Wildman–Crippen MR) is 104 cm³/mol.